The van der Waals surface area contributed by atoms with E-state index in [1.54, 1.807) is 17.0 Å². The van der Waals surface area contributed by atoms with Crippen LogP contribution in [0.1, 0.15) is 24.8 Å². The molecule has 1 N–H and O–H groups in total. The maximum atomic E-state index is 12.8. The van der Waals surface area contributed by atoms with Gasteiger partial charge in [0.1, 0.15) is 5.82 Å². The highest BCUT2D eigenvalue weighted by molar-refractivity contribution is 5.76. The monoisotopic (exact) mass is 264 g/mol. The van der Waals surface area contributed by atoms with Crippen LogP contribution in [0.4, 0.5) is 4.39 Å². The van der Waals surface area contributed by atoms with Gasteiger partial charge in [0.15, 0.2) is 0 Å². The number of hydrogen-bond donors (Lipinski definition) is 1. The molecule has 19 heavy (non-hydrogen) atoms. The highest BCUT2D eigenvalue weighted by atomic mass is 19.1. The molecule has 0 unspecified atom stereocenters. The number of nitrogens with zero attached hydrogens (tertiary/aromatic N) is 1. The van der Waals surface area contributed by atoms with E-state index in [0.717, 1.165) is 31.5 Å². The number of piperidine rings is 1. The number of halogens is 1. The molecule has 1 amide bonds. The zero-order valence-corrected chi connectivity index (χ0v) is 11.4. The van der Waals surface area contributed by atoms with E-state index < -0.39 is 0 Å². The smallest absolute Gasteiger partial charge is 0.222 e. The minimum Gasteiger partial charge on any atom is -0.341 e. The Balaban J connectivity index is 1.83. The Morgan fingerprint density at radius 1 is 1.32 bits per heavy atom. The molecule has 1 aliphatic rings. The largest absolute Gasteiger partial charge is 0.341 e. The predicted molar refractivity (Wildman–Crippen MR) is 73.1 cm³/mol. The third-order valence-electron chi connectivity index (χ3n) is 3.68. The van der Waals surface area contributed by atoms with Crippen LogP contribution in [-0.4, -0.2) is 30.9 Å². The number of hydrogen-bond acceptors (Lipinski definition) is 2. The number of carbonyl (C=O) groups is 1. The van der Waals surface area contributed by atoms with Gasteiger partial charge in [-0.05, 0) is 49.5 Å². The van der Waals surface area contributed by atoms with Crippen molar-refractivity contribution in [1.29, 1.82) is 0 Å². The lowest BCUT2D eigenvalue weighted by atomic mass is 9.94. The lowest BCUT2D eigenvalue weighted by molar-refractivity contribution is -0.131. The summed E-state index contributed by atoms with van der Waals surface area (Å²) in [7, 11) is 1.81. The summed E-state index contributed by atoms with van der Waals surface area (Å²) in [5.41, 5.74) is 0.961. The molecule has 0 atom stereocenters. The van der Waals surface area contributed by atoms with Crippen molar-refractivity contribution in [3.8, 4) is 0 Å². The van der Waals surface area contributed by atoms with Crippen molar-refractivity contribution < 1.29 is 9.18 Å². The van der Waals surface area contributed by atoms with Gasteiger partial charge in [0.05, 0.1) is 0 Å². The molecule has 1 saturated heterocycles. The van der Waals surface area contributed by atoms with E-state index in [-0.39, 0.29) is 11.7 Å². The van der Waals surface area contributed by atoms with Gasteiger partial charge in [-0.1, -0.05) is 12.1 Å². The lowest BCUT2D eigenvalue weighted by Crippen LogP contribution is -2.33. The van der Waals surface area contributed by atoms with Crippen LogP contribution < -0.4 is 5.32 Å². The zero-order chi connectivity index (χ0) is 13.7. The molecule has 1 fully saturated rings. The van der Waals surface area contributed by atoms with Crippen LogP contribution >= 0.6 is 0 Å². The maximum absolute atomic E-state index is 12.8. The molecule has 3 nitrogen and oxygen atoms in total. The molecule has 1 aromatic carbocycles. The molecule has 0 bridgehead atoms. The molecule has 4 heteroatoms. The number of nitrogens with one attached hydrogen (secondary N) is 1. The topological polar surface area (TPSA) is 32.3 Å². The van der Waals surface area contributed by atoms with E-state index in [1.807, 2.05) is 7.05 Å². The highest BCUT2D eigenvalue weighted by Crippen LogP contribution is 2.17. The van der Waals surface area contributed by atoms with Crippen molar-refractivity contribution in [1.82, 2.24) is 10.2 Å². The summed E-state index contributed by atoms with van der Waals surface area (Å²) in [5, 5.41) is 3.30. The molecule has 2 rings (SSSR count). The molecule has 0 saturated carbocycles. The molecule has 104 valence electrons. The van der Waals surface area contributed by atoms with Gasteiger partial charge in [-0.3, -0.25) is 4.79 Å². The van der Waals surface area contributed by atoms with Crippen LogP contribution in [0.5, 0.6) is 0 Å². The van der Waals surface area contributed by atoms with E-state index in [4.69, 9.17) is 0 Å². The molecule has 0 aromatic heterocycles. The van der Waals surface area contributed by atoms with Crippen LogP contribution in [0.15, 0.2) is 24.3 Å². The van der Waals surface area contributed by atoms with Gasteiger partial charge < -0.3 is 10.2 Å². The SMILES string of the molecule is CN(Cc1ccc(F)cc1)C(=O)CC1CCNCC1. The summed E-state index contributed by atoms with van der Waals surface area (Å²) >= 11 is 0. The first-order valence-electron chi connectivity index (χ1n) is 6.84. The van der Waals surface area contributed by atoms with Gasteiger partial charge in [-0.25, -0.2) is 4.39 Å². The standard InChI is InChI=1S/C15H21FN2O/c1-18(11-13-2-4-14(16)5-3-13)15(19)10-12-6-8-17-9-7-12/h2-5,12,17H,6-11H2,1H3. The Hall–Kier alpha value is -1.42. The number of carbonyl (C=O) groups excluding carboxylic acids is 1. The minimum atomic E-state index is -0.243. The predicted octanol–water partition coefficient (Wildman–Crippen LogP) is 2.17. The average molecular weight is 264 g/mol. The fourth-order valence-corrected chi connectivity index (χ4v) is 2.44. The third-order valence-corrected chi connectivity index (χ3v) is 3.68. The van der Waals surface area contributed by atoms with Crippen LogP contribution in [0, 0.1) is 11.7 Å². The van der Waals surface area contributed by atoms with Crippen LogP contribution in [0.2, 0.25) is 0 Å². The quantitative estimate of drug-likeness (QED) is 0.904. The maximum Gasteiger partial charge on any atom is 0.222 e. The first-order valence-corrected chi connectivity index (χ1v) is 6.84. The minimum absolute atomic E-state index is 0.177. The zero-order valence-electron chi connectivity index (χ0n) is 11.4. The summed E-state index contributed by atoms with van der Waals surface area (Å²) in [6, 6.07) is 6.31. The second-order valence-corrected chi connectivity index (χ2v) is 5.27. The lowest BCUT2D eigenvalue weighted by Gasteiger charge is -2.25. The second kappa shape index (κ2) is 6.66. The second-order valence-electron chi connectivity index (χ2n) is 5.27. The van der Waals surface area contributed by atoms with Gasteiger partial charge in [-0.2, -0.15) is 0 Å². The number of rotatable bonds is 4. The van der Waals surface area contributed by atoms with Crippen molar-refractivity contribution >= 4 is 5.91 Å². The molecule has 0 spiro atoms. The van der Waals surface area contributed by atoms with Crippen LogP contribution in [0.25, 0.3) is 0 Å². The van der Waals surface area contributed by atoms with Crippen molar-refractivity contribution in [3.63, 3.8) is 0 Å². The van der Waals surface area contributed by atoms with Crippen molar-refractivity contribution in [2.45, 2.75) is 25.8 Å². The van der Waals surface area contributed by atoms with Gasteiger partial charge in [0, 0.05) is 20.0 Å². The van der Waals surface area contributed by atoms with E-state index in [0.29, 0.717) is 18.9 Å². The van der Waals surface area contributed by atoms with Gasteiger partial charge in [0.2, 0.25) is 5.91 Å². The molecule has 1 aromatic rings. The van der Waals surface area contributed by atoms with E-state index in [9.17, 15) is 9.18 Å². The summed E-state index contributed by atoms with van der Waals surface area (Å²) in [5.74, 6) is 0.438. The van der Waals surface area contributed by atoms with Gasteiger partial charge in [-0.15, -0.1) is 0 Å². The van der Waals surface area contributed by atoms with Crippen molar-refractivity contribution in [3.05, 3.63) is 35.6 Å². The van der Waals surface area contributed by atoms with Gasteiger partial charge in [0.25, 0.3) is 0 Å². The van der Waals surface area contributed by atoms with Crippen molar-refractivity contribution in [2.24, 2.45) is 5.92 Å². The molecule has 1 aliphatic heterocycles. The number of benzene rings is 1. The van der Waals surface area contributed by atoms with Crippen molar-refractivity contribution in [2.75, 3.05) is 20.1 Å². The molecular weight excluding hydrogens is 243 g/mol. The number of amides is 1. The third kappa shape index (κ3) is 4.31. The van der Waals surface area contributed by atoms with Crippen LogP contribution in [0.3, 0.4) is 0 Å². The van der Waals surface area contributed by atoms with E-state index in [1.165, 1.54) is 12.1 Å². The van der Waals surface area contributed by atoms with E-state index >= 15 is 0 Å². The van der Waals surface area contributed by atoms with E-state index in [2.05, 4.69) is 5.32 Å². The Morgan fingerprint density at radius 2 is 1.95 bits per heavy atom. The summed E-state index contributed by atoms with van der Waals surface area (Å²) in [6.07, 6.45) is 2.78. The Labute approximate surface area is 113 Å². The summed E-state index contributed by atoms with van der Waals surface area (Å²) in [4.78, 5) is 13.8. The Bertz CT molecular complexity index is 413. The summed E-state index contributed by atoms with van der Waals surface area (Å²) in [6.45, 7) is 2.57. The van der Waals surface area contributed by atoms with Crippen LogP contribution in [-0.2, 0) is 11.3 Å². The molecule has 0 radical (unpaired) electrons. The molecule has 0 aliphatic carbocycles. The Morgan fingerprint density at radius 3 is 2.58 bits per heavy atom. The fourth-order valence-electron chi connectivity index (χ4n) is 2.44. The summed E-state index contributed by atoms with van der Waals surface area (Å²) < 4.78 is 12.8. The first-order chi connectivity index (χ1) is 9.15. The first kappa shape index (κ1) is 14.0. The Kier molecular flexibility index (Phi) is 4.91. The molecular formula is C15H21FN2O. The molecule has 1 heterocycles. The average Bonchev–Trinajstić information content (AvgIpc) is 2.42. The fraction of sp³-hybridized carbons (Fsp3) is 0.533. The highest BCUT2D eigenvalue weighted by Gasteiger charge is 2.19. The normalized spacial score (nSPS) is 16.3. The van der Waals surface area contributed by atoms with Gasteiger partial charge >= 0.3 is 0 Å².